The van der Waals surface area contributed by atoms with Gasteiger partial charge in [-0.25, -0.2) is 9.67 Å². The standard InChI is InChI=1S/C24H29N7O2/c1-14(32)30-12-15-6-20(30)21(7-15)31-23-18(11-26-31)10-25-24(28-23)27-19-8-17-13-29(2)5-4-16(17)9-22(19)33-3/h8-11,15,20-21H,4-7,12-13H2,1-3H3,(H,25,27,28)/t15-,20+,21+/m0/s1. The van der Waals surface area contributed by atoms with Gasteiger partial charge in [-0.3, -0.25) is 4.79 Å². The molecule has 3 aliphatic rings. The van der Waals surface area contributed by atoms with Gasteiger partial charge in [-0.1, -0.05) is 0 Å². The summed E-state index contributed by atoms with van der Waals surface area (Å²) < 4.78 is 7.67. The number of nitrogens with zero attached hydrogens (tertiary/aromatic N) is 6. The Balaban J connectivity index is 1.33. The number of carbonyl (C=O) groups is 1. The number of carbonyl (C=O) groups excluding carboxylic acids is 1. The van der Waals surface area contributed by atoms with Crippen molar-refractivity contribution in [2.45, 2.75) is 44.8 Å². The SMILES string of the molecule is COc1cc2c(cc1Nc1ncc3cnn([C@@H]4C[C@@H]5C[C@H]4N(C(C)=O)C5)c3n1)CN(C)CC2. The summed E-state index contributed by atoms with van der Waals surface area (Å²) in [7, 11) is 3.83. The monoisotopic (exact) mass is 447 g/mol. The topological polar surface area (TPSA) is 88.4 Å². The van der Waals surface area contributed by atoms with E-state index in [4.69, 9.17) is 9.72 Å². The van der Waals surface area contributed by atoms with Crippen LogP contribution in [0.2, 0.25) is 0 Å². The molecule has 2 fully saturated rings. The highest BCUT2D eigenvalue weighted by Gasteiger charge is 2.47. The molecule has 6 rings (SSSR count). The summed E-state index contributed by atoms with van der Waals surface area (Å²) in [6.07, 6.45) is 6.72. The van der Waals surface area contributed by atoms with E-state index in [0.717, 1.165) is 61.4 Å². The molecule has 2 aromatic heterocycles. The third-order valence-corrected chi connectivity index (χ3v) is 7.47. The Morgan fingerprint density at radius 1 is 1.18 bits per heavy atom. The third-order valence-electron chi connectivity index (χ3n) is 7.47. The predicted molar refractivity (Wildman–Crippen MR) is 125 cm³/mol. The fraction of sp³-hybridized carbons (Fsp3) is 0.500. The Bertz CT molecular complexity index is 1240. The molecular weight excluding hydrogens is 418 g/mol. The minimum absolute atomic E-state index is 0.144. The van der Waals surface area contributed by atoms with Crippen LogP contribution in [0.25, 0.3) is 11.0 Å². The summed E-state index contributed by atoms with van der Waals surface area (Å²) in [6, 6.07) is 4.62. The number of anilines is 2. The fourth-order valence-electron chi connectivity index (χ4n) is 5.87. The van der Waals surface area contributed by atoms with Gasteiger partial charge >= 0.3 is 0 Å². The van der Waals surface area contributed by atoms with Crippen molar-refractivity contribution in [1.29, 1.82) is 0 Å². The summed E-state index contributed by atoms with van der Waals surface area (Å²) in [5.74, 6) is 1.99. The third kappa shape index (κ3) is 3.42. The van der Waals surface area contributed by atoms with Crippen LogP contribution in [-0.2, 0) is 17.8 Å². The average molecular weight is 448 g/mol. The molecule has 1 aliphatic carbocycles. The number of piperidine rings is 1. The maximum atomic E-state index is 12.1. The average Bonchev–Trinajstić information content (AvgIpc) is 3.52. The zero-order chi connectivity index (χ0) is 22.7. The number of likely N-dealkylation sites (tertiary alicyclic amines) is 1. The number of methoxy groups -OCH3 is 1. The second-order valence-electron chi connectivity index (χ2n) is 9.64. The lowest BCUT2D eigenvalue weighted by Crippen LogP contribution is -2.42. The second-order valence-corrected chi connectivity index (χ2v) is 9.64. The smallest absolute Gasteiger partial charge is 0.229 e. The number of likely N-dealkylation sites (N-methyl/N-ethyl adjacent to an activating group) is 1. The van der Waals surface area contributed by atoms with Crippen molar-refractivity contribution in [1.82, 2.24) is 29.5 Å². The van der Waals surface area contributed by atoms with Crippen LogP contribution in [0.3, 0.4) is 0 Å². The Kier molecular flexibility index (Phi) is 4.76. The normalized spacial score (nSPS) is 24.3. The number of hydrogen-bond donors (Lipinski definition) is 1. The van der Waals surface area contributed by atoms with Crippen LogP contribution in [0.4, 0.5) is 11.6 Å². The molecule has 1 amide bonds. The van der Waals surface area contributed by atoms with Crippen molar-refractivity contribution in [2.75, 3.05) is 32.6 Å². The molecule has 4 heterocycles. The summed E-state index contributed by atoms with van der Waals surface area (Å²) in [4.78, 5) is 25.8. The molecular formula is C24H29N7O2. The van der Waals surface area contributed by atoms with E-state index in [0.29, 0.717) is 11.9 Å². The van der Waals surface area contributed by atoms with Gasteiger partial charge in [0.25, 0.3) is 0 Å². The summed E-state index contributed by atoms with van der Waals surface area (Å²) in [5, 5.41) is 8.93. The van der Waals surface area contributed by atoms with E-state index >= 15 is 0 Å². The van der Waals surface area contributed by atoms with Gasteiger partial charge in [0.2, 0.25) is 11.9 Å². The second kappa shape index (κ2) is 7.69. The van der Waals surface area contributed by atoms with Crippen molar-refractivity contribution < 1.29 is 9.53 Å². The Labute approximate surface area is 192 Å². The molecule has 0 radical (unpaired) electrons. The molecule has 9 heteroatoms. The Morgan fingerprint density at radius 3 is 2.82 bits per heavy atom. The number of hydrogen-bond acceptors (Lipinski definition) is 7. The first-order chi connectivity index (χ1) is 16.0. The predicted octanol–water partition coefficient (Wildman–Crippen LogP) is 2.75. The van der Waals surface area contributed by atoms with Crippen LogP contribution in [0.15, 0.2) is 24.5 Å². The zero-order valence-electron chi connectivity index (χ0n) is 19.3. The molecule has 2 aliphatic heterocycles. The Morgan fingerprint density at radius 2 is 2.03 bits per heavy atom. The number of fused-ring (bicyclic) bond motifs is 4. The molecule has 33 heavy (non-hydrogen) atoms. The molecule has 9 nitrogen and oxygen atoms in total. The van der Waals surface area contributed by atoms with Crippen molar-refractivity contribution in [2.24, 2.45) is 5.92 Å². The number of aromatic nitrogens is 4. The van der Waals surface area contributed by atoms with Crippen LogP contribution in [0.1, 0.15) is 36.9 Å². The highest BCUT2D eigenvalue weighted by Crippen LogP contribution is 2.45. The number of benzene rings is 1. The van der Waals surface area contributed by atoms with Crippen molar-refractivity contribution in [3.63, 3.8) is 0 Å². The van der Waals surface area contributed by atoms with Gasteiger partial charge in [-0.2, -0.15) is 10.1 Å². The maximum absolute atomic E-state index is 12.1. The van der Waals surface area contributed by atoms with E-state index in [1.807, 2.05) is 22.0 Å². The highest BCUT2D eigenvalue weighted by atomic mass is 16.5. The number of rotatable bonds is 4. The molecule has 0 spiro atoms. The largest absolute Gasteiger partial charge is 0.495 e. The lowest BCUT2D eigenvalue weighted by molar-refractivity contribution is -0.131. The lowest BCUT2D eigenvalue weighted by Gasteiger charge is -2.32. The van der Waals surface area contributed by atoms with E-state index in [2.05, 4.69) is 39.5 Å². The van der Waals surface area contributed by atoms with Gasteiger partial charge in [-0.15, -0.1) is 0 Å². The summed E-state index contributed by atoms with van der Waals surface area (Å²) >= 11 is 0. The van der Waals surface area contributed by atoms with Gasteiger partial charge in [0.1, 0.15) is 5.75 Å². The Hall–Kier alpha value is -3.20. The van der Waals surface area contributed by atoms with Gasteiger partial charge in [0.05, 0.1) is 36.5 Å². The number of amides is 1. The maximum Gasteiger partial charge on any atom is 0.229 e. The minimum Gasteiger partial charge on any atom is -0.495 e. The van der Waals surface area contributed by atoms with Crippen LogP contribution in [-0.4, -0.2) is 68.7 Å². The van der Waals surface area contributed by atoms with Crippen LogP contribution in [0.5, 0.6) is 5.75 Å². The van der Waals surface area contributed by atoms with Gasteiger partial charge in [0.15, 0.2) is 5.65 Å². The number of ether oxygens (including phenoxy) is 1. The first-order valence-electron chi connectivity index (χ1n) is 11.6. The van der Waals surface area contributed by atoms with Crippen molar-refractivity contribution in [3.05, 3.63) is 35.7 Å². The molecule has 3 atom stereocenters. The van der Waals surface area contributed by atoms with E-state index < -0.39 is 0 Å². The molecule has 3 aromatic rings. The minimum atomic E-state index is 0.144. The molecule has 2 bridgehead atoms. The van der Waals surface area contributed by atoms with Crippen LogP contribution < -0.4 is 10.1 Å². The summed E-state index contributed by atoms with van der Waals surface area (Å²) in [6.45, 7) is 4.49. The van der Waals surface area contributed by atoms with Gasteiger partial charge < -0.3 is 19.9 Å². The molecule has 1 N–H and O–H groups in total. The van der Waals surface area contributed by atoms with Crippen molar-refractivity contribution >= 4 is 28.6 Å². The lowest BCUT2D eigenvalue weighted by atomic mass is 9.99. The molecule has 0 unspecified atom stereocenters. The first kappa shape index (κ1) is 20.4. The van der Waals surface area contributed by atoms with Crippen LogP contribution in [0, 0.1) is 5.92 Å². The van der Waals surface area contributed by atoms with Crippen LogP contribution >= 0.6 is 0 Å². The highest BCUT2D eigenvalue weighted by molar-refractivity contribution is 5.77. The van der Waals surface area contributed by atoms with E-state index in [9.17, 15) is 4.79 Å². The zero-order valence-corrected chi connectivity index (χ0v) is 19.3. The van der Waals surface area contributed by atoms with E-state index in [-0.39, 0.29) is 18.0 Å². The van der Waals surface area contributed by atoms with E-state index in [1.165, 1.54) is 11.1 Å². The molecule has 172 valence electrons. The number of nitrogens with one attached hydrogen (secondary N) is 1. The first-order valence-corrected chi connectivity index (χ1v) is 11.6. The summed E-state index contributed by atoms with van der Waals surface area (Å²) in [5.41, 5.74) is 4.28. The van der Waals surface area contributed by atoms with Gasteiger partial charge in [0, 0.05) is 32.8 Å². The molecule has 1 saturated carbocycles. The van der Waals surface area contributed by atoms with Gasteiger partial charge in [-0.05, 0) is 55.5 Å². The quantitative estimate of drug-likeness (QED) is 0.658. The molecule has 1 aromatic carbocycles. The molecule has 1 saturated heterocycles. The van der Waals surface area contributed by atoms with E-state index in [1.54, 1.807) is 14.0 Å². The fourth-order valence-corrected chi connectivity index (χ4v) is 5.87. The van der Waals surface area contributed by atoms with Crippen molar-refractivity contribution in [3.8, 4) is 5.75 Å².